The van der Waals surface area contributed by atoms with E-state index in [-0.39, 0.29) is 16.6 Å². The summed E-state index contributed by atoms with van der Waals surface area (Å²) >= 11 is 1.20. The van der Waals surface area contributed by atoms with Crippen LogP contribution in [0.25, 0.3) is 32.9 Å². The fourth-order valence-electron chi connectivity index (χ4n) is 5.51. The van der Waals surface area contributed by atoms with Gasteiger partial charge in [-0.05, 0) is 76.1 Å². The summed E-state index contributed by atoms with van der Waals surface area (Å²) in [5, 5.41) is 10.2. The number of anilines is 1. The van der Waals surface area contributed by atoms with E-state index in [1.54, 1.807) is 10.9 Å². The first-order chi connectivity index (χ1) is 18.7. The number of carbonyl (C=O) groups is 1. The van der Waals surface area contributed by atoms with E-state index in [1.807, 2.05) is 69.3 Å². The number of nitrogens with zero attached hydrogens (tertiary/aromatic N) is 2. The molecule has 1 saturated carbocycles. The number of thiophene rings is 1. The van der Waals surface area contributed by atoms with E-state index < -0.39 is 13.5 Å². The molecule has 39 heavy (non-hydrogen) atoms. The van der Waals surface area contributed by atoms with Gasteiger partial charge in [-0.3, -0.25) is 14.2 Å². The zero-order chi connectivity index (χ0) is 27.7. The van der Waals surface area contributed by atoms with Crippen LogP contribution in [0.3, 0.4) is 0 Å². The zero-order valence-electron chi connectivity index (χ0n) is 22.8. The number of hydrogen-bond acceptors (Lipinski definition) is 6. The minimum Gasteiger partial charge on any atom is -0.477 e. The van der Waals surface area contributed by atoms with E-state index in [0.717, 1.165) is 58.5 Å². The second-order valence-corrected chi connectivity index (χ2v) is 14.1. The Morgan fingerprint density at radius 3 is 2.46 bits per heavy atom. The fourth-order valence-corrected chi connectivity index (χ4v) is 9.68. The van der Waals surface area contributed by atoms with E-state index in [2.05, 4.69) is 11.9 Å². The van der Waals surface area contributed by atoms with Crippen LogP contribution in [0.4, 0.5) is 5.69 Å². The van der Waals surface area contributed by atoms with Crippen molar-refractivity contribution in [2.75, 3.05) is 11.3 Å². The van der Waals surface area contributed by atoms with Gasteiger partial charge in [0.25, 0.3) is 7.52 Å². The molecule has 1 aromatic carbocycles. The van der Waals surface area contributed by atoms with Crippen LogP contribution in [0.5, 0.6) is 0 Å². The van der Waals surface area contributed by atoms with Gasteiger partial charge in [0.15, 0.2) is 5.58 Å². The fraction of sp³-hybridized carbons (Fsp3) is 0.400. The molecule has 206 valence electrons. The lowest BCUT2D eigenvalue weighted by Gasteiger charge is -2.41. The molecule has 7 nitrogen and oxygen atoms in total. The Morgan fingerprint density at radius 2 is 1.85 bits per heavy atom. The largest absolute Gasteiger partial charge is 0.477 e. The molecule has 0 radical (unpaired) electrons. The van der Waals surface area contributed by atoms with Gasteiger partial charge < -0.3 is 14.0 Å². The summed E-state index contributed by atoms with van der Waals surface area (Å²) in [6.45, 7) is 8.30. The number of carboxylic acid groups (broad SMARTS) is 1. The van der Waals surface area contributed by atoms with Gasteiger partial charge in [-0.1, -0.05) is 31.2 Å². The van der Waals surface area contributed by atoms with Crippen LogP contribution >= 0.6 is 18.9 Å². The first kappa shape index (κ1) is 27.6. The Kier molecular flexibility index (Phi) is 7.99. The van der Waals surface area contributed by atoms with Crippen molar-refractivity contribution in [2.45, 2.75) is 65.1 Å². The summed E-state index contributed by atoms with van der Waals surface area (Å²) in [6.07, 6.45) is 5.38. The van der Waals surface area contributed by atoms with Crippen molar-refractivity contribution in [3.63, 3.8) is 0 Å². The Balaban J connectivity index is 1.52. The average molecular weight is 567 g/mol. The second-order valence-electron chi connectivity index (χ2n) is 10.5. The quantitative estimate of drug-likeness (QED) is 0.202. The molecule has 9 heteroatoms. The number of furan rings is 1. The molecular weight excluding hydrogens is 531 g/mol. The normalized spacial score (nSPS) is 19.3. The van der Waals surface area contributed by atoms with Crippen molar-refractivity contribution in [3.8, 4) is 21.8 Å². The van der Waals surface area contributed by atoms with Gasteiger partial charge in [-0.25, -0.2) is 4.79 Å². The molecule has 0 bridgehead atoms. The van der Waals surface area contributed by atoms with Gasteiger partial charge in [0.2, 0.25) is 0 Å². The smallest absolute Gasteiger partial charge is 0.348 e. The number of benzene rings is 1. The van der Waals surface area contributed by atoms with Crippen molar-refractivity contribution in [3.05, 3.63) is 59.6 Å². The van der Waals surface area contributed by atoms with Crippen LogP contribution < -0.4 is 4.67 Å². The first-order valence-corrected chi connectivity index (χ1v) is 16.0. The van der Waals surface area contributed by atoms with E-state index in [1.165, 1.54) is 11.3 Å². The van der Waals surface area contributed by atoms with Crippen LogP contribution in [0.2, 0.25) is 0 Å². The van der Waals surface area contributed by atoms with Gasteiger partial charge >= 0.3 is 5.97 Å². The molecule has 1 atom stereocenters. The second kappa shape index (κ2) is 11.3. The molecule has 5 rings (SSSR count). The van der Waals surface area contributed by atoms with Gasteiger partial charge in [0, 0.05) is 28.7 Å². The predicted octanol–water partition coefficient (Wildman–Crippen LogP) is 8.94. The van der Waals surface area contributed by atoms with Crippen molar-refractivity contribution in [2.24, 2.45) is 5.92 Å². The molecule has 0 aliphatic heterocycles. The van der Waals surface area contributed by atoms with Crippen LogP contribution in [-0.4, -0.2) is 34.4 Å². The van der Waals surface area contributed by atoms with Crippen molar-refractivity contribution >= 4 is 41.6 Å². The lowest BCUT2D eigenvalue weighted by atomic mass is 9.91. The summed E-state index contributed by atoms with van der Waals surface area (Å²) in [6, 6.07) is 15.1. The lowest BCUT2D eigenvalue weighted by Crippen LogP contribution is -2.35. The monoisotopic (exact) mass is 566 g/mol. The number of hydrogen-bond donors (Lipinski definition) is 1. The highest BCUT2D eigenvalue weighted by Gasteiger charge is 2.44. The average Bonchev–Trinajstić information content (AvgIpc) is 3.54. The third kappa shape index (κ3) is 5.43. The van der Waals surface area contributed by atoms with Gasteiger partial charge in [-0.15, -0.1) is 11.3 Å². The summed E-state index contributed by atoms with van der Waals surface area (Å²) in [7, 11) is -3.36. The third-order valence-electron chi connectivity index (χ3n) is 7.45. The van der Waals surface area contributed by atoms with Gasteiger partial charge in [-0.2, -0.15) is 0 Å². The van der Waals surface area contributed by atoms with Gasteiger partial charge in [0.1, 0.15) is 16.2 Å². The summed E-state index contributed by atoms with van der Waals surface area (Å²) in [5.41, 5.74) is 3.67. The maximum Gasteiger partial charge on any atom is 0.348 e. The standard InChI is InChI=1S/C30H35N2O5PS/c1-5-36-38(35,23-14-8-20(4)9-15-23)32(19(2)3)25-18-28(39-29(25)30(33)34)22-12-10-21(11-13-22)27-17-24-26(37-27)7-6-16-31-24/h6-7,10-13,16-20,23H,5,8-9,14-15H2,1-4H3,(H,33,34). The number of carboxylic acids is 1. The highest BCUT2D eigenvalue weighted by atomic mass is 32.1. The number of fused-ring (bicyclic) bond motifs is 1. The summed E-state index contributed by atoms with van der Waals surface area (Å²) in [4.78, 5) is 17.8. The number of pyridine rings is 1. The van der Waals surface area contributed by atoms with Crippen molar-refractivity contribution in [1.82, 2.24) is 4.98 Å². The highest BCUT2D eigenvalue weighted by Crippen LogP contribution is 2.63. The van der Waals surface area contributed by atoms with Crippen molar-refractivity contribution < 1.29 is 23.4 Å². The Labute approximate surface area is 233 Å². The summed E-state index contributed by atoms with van der Waals surface area (Å²) in [5.74, 6) is 0.294. The van der Waals surface area contributed by atoms with E-state index in [4.69, 9.17) is 8.94 Å². The van der Waals surface area contributed by atoms with E-state index >= 15 is 0 Å². The maximum absolute atomic E-state index is 14.7. The number of rotatable bonds is 9. The van der Waals surface area contributed by atoms with Crippen LogP contribution in [0.1, 0.15) is 63.0 Å². The summed E-state index contributed by atoms with van der Waals surface area (Å²) < 4.78 is 28.5. The molecule has 0 saturated heterocycles. The van der Waals surface area contributed by atoms with Gasteiger partial charge in [0.05, 0.1) is 18.0 Å². The number of aromatic nitrogens is 1. The molecule has 3 aromatic heterocycles. The molecule has 1 fully saturated rings. The van der Waals surface area contributed by atoms with E-state index in [0.29, 0.717) is 18.2 Å². The third-order valence-corrected chi connectivity index (χ3v) is 12.0. The SMILES string of the molecule is CCOP(=O)(C1CCC(C)CC1)N(c1cc(-c2ccc(-c3cc4ncccc4o3)cc2)sc1C(=O)O)C(C)C. The molecule has 0 amide bonds. The molecule has 1 unspecified atom stereocenters. The first-order valence-electron chi connectivity index (χ1n) is 13.6. The van der Waals surface area contributed by atoms with Crippen LogP contribution in [0, 0.1) is 5.92 Å². The van der Waals surface area contributed by atoms with Crippen molar-refractivity contribution in [1.29, 1.82) is 0 Å². The molecule has 3 heterocycles. The predicted molar refractivity (Wildman–Crippen MR) is 158 cm³/mol. The maximum atomic E-state index is 14.7. The molecule has 0 spiro atoms. The minimum absolute atomic E-state index is 0.112. The van der Waals surface area contributed by atoms with Crippen LogP contribution in [-0.2, 0) is 9.09 Å². The zero-order valence-corrected chi connectivity index (χ0v) is 24.5. The van der Waals surface area contributed by atoms with E-state index in [9.17, 15) is 14.5 Å². The molecule has 4 aromatic rings. The lowest BCUT2D eigenvalue weighted by molar-refractivity contribution is 0.0703. The molecule has 1 N–H and O–H groups in total. The highest BCUT2D eigenvalue weighted by molar-refractivity contribution is 7.61. The molecule has 1 aliphatic rings. The topological polar surface area (TPSA) is 92.9 Å². The molecule has 1 aliphatic carbocycles. The Hall–Kier alpha value is -2.93. The molecular formula is C30H35N2O5PS. The Morgan fingerprint density at radius 1 is 1.15 bits per heavy atom. The number of aromatic carboxylic acids is 1. The minimum atomic E-state index is -3.36. The van der Waals surface area contributed by atoms with Crippen LogP contribution in [0.15, 0.2) is 59.1 Å². The Bertz CT molecular complexity index is 1470.